The lowest BCUT2D eigenvalue weighted by Crippen LogP contribution is -2.59. The van der Waals surface area contributed by atoms with E-state index in [1.54, 1.807) is 33.9 Å². The van der Waals surface area contributed by atoms with Crippen LogP contribution in [0.25, 0.3) is 0 Å². The number of carbonyl (C=O) groups is 2. The second kappa shape index (κ2) is 17.8. The number of carbonyl (C=O) groups excluding carboxylic acids is 2. The molecule has 0 spiro atoms. The molecular weight excluding hydrogens is 718 g/mol. The number of likely N-dealkylation sites (N-methyl/N-ethyl adjacent to an activating group) is 1. The van der Waals surface area contributed by atoms with Crippen molar-refractivity contribution in [1.82, 2.24) is 4.90 Å². The molecule has 0 radical (unpaired) electrons. The number of rotatable bonds is 9. The molecule has 12 nitrogen and oxygen atoms in total. The number of hydrogen-bond donors (Lipinski definition) is 0. The lowest BCUT2D eigenvalue weighted by atomic mass is 9.67. The van der Waals surface area contributed by atoms with Crippen molar-refractivity contribution in [1.29, 1.82) is 0 Å². The topological polar surface area (TPSA) is 124 Å². The SMILES string of the molecule is CO[C@@H]1[C@@H](OC)[C@H](C)O[C@@H](O[C@H]2C[C@H]3[C@@H]4C=C5C(=O)[C@H](C)[C@@H](O[C@H]6CC[C@H](N(C)C)[C@@H](C)O6)CCC[C@H](c6ccoc6)OC(=O)C[C@H]5[C@@H]4C=C(C)[C@@H]3C2)[C@@H]1OC. The Labute approximate surface area is 332 Å². The highest BCUT2D eigenvalue weighted by atomic mass is 16.7. The molecule has 4 fully saturated rings. The zero-order chi connectivity index (χ0) is 39.8. The van der Waals surface area contributed by atoms with E-state index < -0.39 is 24.4 Å². The van der Waals surface area contributed by atoms with Gasteiger partial charge >= 0.3 is 5.97 Å². The molecule has 1 saturated carbocycles. The molecule has 17 atom stereocenters. The molecule has 0 unspecified atom stereocenters. The number of esters is 1. The largest absolute Gasteiger partial charge is 0.472 e. The van der Waals surface area contributed by atoms with E-state index in [2.05, 4.69) is 45.0 Å². The molecule has 7 rings (SSSR count). The van der Waals surface area contributed by atoms with E-state index in [4.69, 9.17) is 42.3 Å². The predicted molar refractivity (Wildman–Crippen MR) is 206 cm³/mol. The molecule has 1 aromatic heterocycles. The summed E-state index contributed by atoms with van der Waals surface area (Å²) in [5.41, 5.74) is 2.85. The first-order valence-electron chi connectivity index (χ1n) is 20.9. The Morgan fingerprint density at radius 1 is 0.804 bits per heavy atom. The molecule has 4 heterocycles. The highest BCUT2D eigenvalue weighted by Crippen LogP contribution is 2.56. The zero-order valence-electron chi connectivity index (χ0n) is 34.8. The quantitative estimate of drug-likeness (QED) is 0.203. The van der Waals surface area contributed by atoms with Gasteiger partial charge in [0.1, 0.15) is 24.4 Å². The lowest BCUT2D eigenvalue weighted by Gasteiger charge is -2.44. The maximum atomic E-state index is 14.9. The monoisotopic (exact) mass is 783 g/mol. The first-order valence-corrected chi connectivity index (χ1v) is 20.9. The summed E-state index contributed by atoms with van der Waals surface area (Å²) in [6, 6.07) is 2.18. The predicted octanol–water partition coefficient (Wildman–Crippen LogP) is 6.43. The maximum Gasteiger partial charge on any atom is 0.307 e. The van der Waals surface area contributed by atoms with E-state index in [-0.39, 0.29) is 90.7 Å². The maximum absolute atomic E-state index is 14.9. The number of fused-ring (bicyclic) bond motifs is 5. The number of ether oxygens (including phenoxy) is 8. The number of allylic oxidation sites excluding steroid dienone is 4. The summed E-state index contributed by atoms with van der Waals surface area (Å²) >= 11 is 0. The van der Waals surface area contributed by atoms with Crippen molar-refractivity contribution < 1.29 is 51.9 Å². The Balaban J connectivity index is 1.14. The van der Waals surface area contributed by atoms with Crippen LogP contribution in [0.1, 0.15) is 90.7 Å². The third-order valence-electron chi connectivity index (χ3n) is 14.0. The van der Waals surface area contributed by atoms with Crippen LogP contribution in [-0.2, 0) is 47.5 Å². The molecule has 0 bridgehead atoms. The van der Waals surface area contributed by atoms with Gasteiger partial charge in [-0.05, 0) is 115 Å². The van der Waals surface area contributed by atoms with Crippen LogP contribution < -0.4 is 0 Å². The molecule has 6 aliphatic rings. The van der Waals surface area contributed by atoms with Crippen molar-refractivity contribution in [3.63, 3.8) is 0 Å². The Morgan fingerprint density at radius 2 is 1.57 bits per heavy atom. The molecular formula is C44H65NO11. The second-order valence-electron chi connectivity index (χ2n) is 17.5. The van der Waals surface area contributed by atoms with Crippen molar-refractivity contribution in [2.75, 3.05) is 35.4 Å². The summed E-state index contributed by atoms with van der Waals surface area (Å²) in [6.45, 7) is 8.27. The van der Waals surface area contributed by atoms with Crippen molar-refractivity contribution in [2.24, 2.45) is 35.5 Å². The number of Topliss-reactive ketones (excluding diaryl/α,β-unsaturated/α-hetero) is 1. The third kappa shape index (κ3) is 8.37. The third-order valence-corrected chi connectivity index (χ3v) is 14.0. The van der Waals surface area contributed by atoms with Gasteiger partial charge in [-0.1, -0.05) is 24.6 Å². The van der Waals surface area contributed by atoms with Gasteiger partial charge in [0.15, 0.2) is 18.4 Å². The van der Waals surface area contributed by atoms with Crippen molar-refractivity contribution >= 4 is 11.8 Å². The normalized spacial score (nSPS) is 43.5. The Hall–Kier alpha value is -2.42. The van der Waals surface area contributed by atoms with E-state index in [9.17, 15) is 9.59 Å². The average molecular weight is 784 g/mol. The molecule has 312 valence electrons. The smallest absolute Gasteiger partial charge is 0.307 e. The van der Waals surface area contributed by atoms with Crippen LogP contribution in [-0.4, -0.2) is 113 Å². The van der Waals surface area contributed by atoms with E-state index >= 15 is 0 Å². The number of nitrogens with zero attached hydrogens (tertiary/aromatic N) is 1. The van der Waals surface area contributed by atoms with Crippen LogP contribution >= 0.6 is 0 Å². The highest BCUT2D eigenvalue weighted by molar-refractivity contribution is 5.99. The average Bonchev–Trinajstić information content (AvgIpc) is 3.93. The molecule has 0 aromatic carbocycles. The summed E-state index contributed by atoms with van der Waals surface area (Å²) < 4.78 is 55.4. The Bertz CT molecular complexity index is 1560. The summed E-state index contributed by atoms with van der Waals surface area (Å²) in [4.78, 5) is 30.9. The van der Waals surface area contributed by atoms with Crippen LogP contribution in [0.3, 0.4) is 0 Å². The van der Waals surface area contributed by atoms with Crippen LogP contribution in [0.2, 0.25) is 0 Å². The van der Waals surface area contributed by atoms with Crippen LogP contribution in [0.5, 0.6) is 0 Å². The van der Waals surface area contributed by atoms with Crippen LogP contribution in [0, 0.1) is 35.5 Å². The molecule has 56 heavy (non-hydrogen) atoms. The summed E-state index contributed by atoms with van der Waals surface area (Å²) in [5, 5.41) is 0. The molecule has 1 aromatic rings. The van der Waals surface area contributed by atoms with Crippen LogP contribution in [0.4, 0.5) is 0 Å². The molecule has 0 N–H and O–H groups in total. The summed E-state index contributed by atoms with van der Waals surface area (Å²) in [7, 11) is 9.14. The molecule has 3 saturated heterocycles. The molecule has 3 aliphatic heterocycles. The second-order valence-corrected chi connectivity index (χ2v) is 17.5. The fourth-order valence-corrected chi connectivity index (χ4v) is 11.1. The number of cyclic esters (lactones) is 1. The van der Waals surface area contributed by atoms with Gasteiger partial charge in [0, 0.05) is 44.8 Å². The van der Waals surface area contributed by atoms with Crippen molar-refractivity contribution in [3.05, 3.63) is 47.5 Å². The minimum absolute atomic E-state index is 0.00751. The number of hydrogen-bond acceptors (Lipinski definition) is 12. The summed E-state index contributed by atoms with van der Waals surface area (Å²) in [5.74, 6) is -0.361. The van der Waals surface area contributed by atoms with Gasteiger partial charge in [0.2, 0.25) is 0 Å². The first kappa shape index (κ1) is 41.7. The molecule has 0 amide bonds. The standard InChI is InChI=1S/C44H65NO11/c1-23-17-30-32(31-19-28(18-29(23)31)54-44-43(50-9)42(49-8)41(48-7)26(4)53-44)20-34-33(30)21-38(46)55-37(27-15-16-51-22-27)12-10-11-36(24(2)40(34)47)56-39-14-13-35(45(5)6)25(3)52-39/h15-17,20,22,24-26,28-33,35-37,39,41-44H,10-14,18-19,21H2,1-9H3/t24-,25-,26+,28-,29+,30-,31-,32-,33+,35+,36+,37-,39+,41+,42-,43-,44+/m1/s1. The fourth-order valence-electron chi connectivity index (χ4n) is 11.1. The Kier molecular flexibility index (Phi) is 13.3. The van der Waals surface area contributed by atoms with E-state index in [0.717, 1.165) is 36.8 Å². The molecule has 12 heteroatoms. The van der Waals surface area contributed by atoms with E-state index in [1.807, 2.05) is 19.9 Å². The number of ketones is 1. The van der Waals surface area contributed by atoms with Gasteiger partial charge in [-0.15, -0.1) is 0 Å². The van der Waals surface area contributed by atoms with Crippen molar-refractivity contribution in [3.8, 4) is 0 Å². The zero-order valence-corrected chi connectivity index (χ0v) is 34.8. The van der Waals surface area contributed by atoms with Gasteiger partial charge in [-0.2, -0.15) is 0 Å². The fraction of sp³-hybridized carbons (Fsp3) is 0.773. The minimum atomic E-state index is -0.615. The van der Waals surface area contributed by atoms with Crippen LogP contribution in [0.15, 0.2) is 46.3 Å². The van der Waals surface area contributed by atoms with E-state index in [0.29, 0.717) is 25.3 Å². The number of furan rings is 1. The lowest BCUT2D eigenvalue weighted by molar-refractivity contribution is -0.314. The van der Waals surface area contributed by atoms with Gasteiger partial charge in [-0.3, -0.25) is 9.59 Å². The number of methoxy groups -OCH3 is 3. The van der Waals surface area contributed by atoms with Gasteiger partial charge in [0.25, 0.3) is 0 Å². The van der Waals surface area contributed by atoms with Gasteiger partial charge in [0.05, 0.1) is 43.4 Å². The summed E-state index contributed by atoms with van der Waals surface area (Å²) in [6.07, 6.45) is 10.1. The van der Waals surface area contributed by atoms with Gasteiger partial charge in [-0.25, -0.2) is 0 Å². The molecule has 3 aliphatic carbocycles. The highest BCUT2D eigenvalue weighted by Gasteiger charge is 2.54. The van der Waals surface area contributed by atoms with Gasteiger partial charge < -0.3 is 47.2 Å². The Morgan fingerprint density at radius 3 is 2.25 bits per heavy atom. The van der Waals surface area contributed by atoms with E-state index in [1.165, 1.54) is 5.57 Å². The van der Waals surface area contributed by atoms with Crippen molar-refractivity contribution in [2.45, 2.75) is 147 Å². The first-order chi connectivity index (χ1) is 26.9. The minimum Gasteiger partial charge on any atom is -0.472 e.